The average Bonchev–Trinajstić information content (AvgIpc) is 3.22. The first-order valence-corrected chi connectivity index (χ1v) is 9.15. The molecule has 0 N–H and O–H groups in total. The summed E-state index contributed by atoms with van der Waals surface area (Å²) < 4.78 is 6.13. The van der Waals surface area contributed by atoms with E-state index >= 15 is 0 Å². The number of hydrogen-bond donors (Lipinski definition) is 0. The number of hydrogen-bond acceptors (Lipinski definition) is 3. The number of aromatic nitrogens is 1. The first-order chi connectivity index (χ1) is 12.1. The van der Waals surface area contributed by atoms with Gasteiger partial charge in [0.2, 0.25) is 5.91 Å². The molecule has 2 fully saturated rings. The number of rotatable bonds is 2. The molecule has 128 valence electrons. The third kappa shape index (κ3) is 2.24. The van der Waals surface area contributed by atoms with Crippen molar-refractivity contribution < 1.29 is 9.53 Å². The molecule has 3 heterocycles. The summed E-state index contributed by atoms with van der Waals surface area (Å²) in [5, 5.41) is 0.689. The predicted molar refractivity (Wildman–Crippen MR) is 94.3 cm³/mol. The van der Waals surface area contributed by atoms with Crippen molar-refractivity contribution in [1.29, 1.82) is 0 Å². The van der Waals surface area contributed by atoms with Crippen molar-refractivity contribution in [2.45, 2.75) is 36.9 Å². The minimum absolute atomic E-state index is 0.215. The van der Waals surface area contributed by atoms with Crippen molar-refractivity contribution in [2.75, 3.05) is 13.1 Å². The molecule has 5 heteroatoms. The zero-order valence-corrected chi connectivity index (χ0v) is 14.6. The molecule has 1 aliphatic carbocycles. The van der Waals surface area contributed by atoms with E-state index in [-0.39, 0.29) is 16.9 Å². The molecular weight excluding hydrogens is 336 g/mol. The molecule has 0 radical (unpaired) electrons. The molecule has 2 aliphatic heterocycles. The first-order valence-electron chi connectivity index (χ1n) is 8.77. The zero-order chi connectivity index (χ0) is 17.1. The average molecular weight is 355 g/mol. The van der Waals surface area contributed by atoms with Crippen molar-refractivity contribution in [3.8, 4) is 0 Å². The van der Waals surface area contributed by atoms with Crippen molar-refractivity contribution in [2.24, 2.45) is 0 Å². The minimum Gasteiger partial charge on any atom is -0.362 e. The summed E-state index contributed by atoms with van der Waals surface area (Å²) in [6.45, 7) is 1.89. The van der Waals surface area contributed by atoms with Crippen LogP contribution in [0.2, 0.25) is 5.02 Å². The van der Waals surface area contributed by atoms with E-state index in [2.05, 4.69) is 11.1 Å². The monoisotopic (exact) mass is 354 g/mol. The molecule has 0 bridgehead atoms. The van der Waals surface area contributed by atoms with Crippen molar-refractivity contribution in [3.05, 3.63) is 64.4 Å². The quantitative estimate of drug-likeness (QED) is 0.829. The van der Waals surface area contributed by atoms with Crippen molar-refractivity contribution in [1.82, 2.24) is 9.88 Å². The van der Waals surface area contributed by atoms with Gasteiger partial charge < -0.3 is 9.64 Å². The SMILES string of the molecule is O=C(N1CCC2(C1)OCc1ncccc12)C1(c2cccc(Cl)c2)CC1. The molecule has 1 saturated carbocycles. The molecule has 1 aromatic heterocycles. The van der Waals surface area contributed by atoms with E-state index in [9.17, 15) is 4.79 Å². The van der Waals surface area contributed by atoms with E-state index in [4.69, 9.17) is 16.3 Å². The summed E-state index contributed by atoms with van der Waals surface area (Å²) in [7, 11) is 0. The van der Waals surface area contributed by atoms with Gasteiger partial charge >= 0.3 is 0 Å². The highest BCUT2D eigenvalue weighted by molar-refractivity contribution is 6.30. The van der Waals surface area contributed by atoms with Crippen LogP contribution >= 0.6 is 11.6 Å². The fourth-order valence-electron chi connectivity index (χ4n) is 4.38. The number of carbonyl (C=O) groups is 1. The van der Waals surface area contributed by atoms with Crippen LogP contribution in [-0.2, 0) is 27.2 Å². The smallest absolute Gasteiger partial charge is 0.233 e. The second-order valence-electron chi connectivity index (χ2n) is 7.35. The number of likely N-dealkylation sites (tertiary alicyclic amines) is 1. The first kappa shape index (κ1) is 15.4. The van der Waals surface area contributed by atoms with Gasteiger partial charge in [0, 0.05) is 29.7 Å². The number of pyridine rings is 1. The second kappa shape index (κ2) is 5.29. The fourth-order valence-corrected chi connectivity index (χ4v) is 4.58. The van der Waals surface area contributed by atoms with Gasteiger partial charge in [-0.15, -0.1) is 0 Å². The lowest BCUT2D eigenvalue weighted by Crippen LogP contribution is -2.40. The van der Waals surface area contributed by atoms with Gasteiger partial charge in [0.1, 0.15) is 5.60 Å². The predicted octanol–water partition coefficient (Wildman–Crippen LogP) is 3.42. The van der Waals surface area contributed by atoms with Gasteiger partial charge in [0.05, 0.1) is 24.3 Å². The summed E-state index contributed by atoms with van der Waals surface area (Å²) in [6.07, 6.45) is 4.43. The Morgan fingerprint density at radius 1 is 1.20 bits per heavy atom. The molecule has 1 spiro atoms. The fraction of sp³-hybridized carbons (Fsp3) is 0.400. The number of ether oxygens (including phenoxy) is 1. The summed E-state index contributed by atoms with van der Waals surface area (Å²) in [6, 6.07) is 11.8. The number of benzene rings is 1. The zero-order valence-electron chi connectivity index (χ0n) is 13.9. The standard InChI is InChI=1S/C20H19ClN2O2/c21-15-4-1-3-14(11-15)19(6-7-19)18(24)23-10-8-20(13-23)16-5-2-9-22-17(16)12-25-20/h1-5,9,11H,6-8,10,12-13H2. The van der Waals surface area contributed by atoms with Crippen LogP contribution in [0.3, 0.4) is 0 Å². The highest BCUT2D eigenvalue weighted by Gasteiger charge is 2.56. The van der Waals surface area contributed by atoms with E-state index in [0.29, 0.717) is 18.2 Å². The molecule has 5 rings (SSSR count). The minimum atomic E-state index is -0.382. The number of amides is 1. The molecule has 4 nitrogen and oxygen atoms in total. The Hall–Kier alpha value is -1.91. The maximum atomic E-state index is 13.3. The molecule has 3 aliphatic rings. The van der Waals surface area contributed by atoms with Gasteiger partial charge in [0.25, 0.3) is 0 Å². The Balaban J connectivity index is 1.42. The van der Waals surface area contributed by atoms with Gasteiger partial charge in [-0.1, -0.05) is 29.8 Å². The molecule has 1 aromatic carbocycles. The summed E-state index contributed by atoms with van der Waals surface area (Å²) in [5.74, 6) is 0.215. The van der Waals surface area contributed by atoms with Gasteiger partial charge in [-0.05, 0) is 36.6 Å². The molecule has 2 aromatic rings. The molecule has 1 amide bonds. The topological polar surface area (TPSA) is 42.4 Å². The normalized spacial score (nSPS) is 26.0. The molecule has 25 heavy (non-hydrogen) atoms. The summed E-state index contributed by atoms with van der Waals surface area (Å²) in [5.41, 5.74) is 2.45. The van der Waals surface area contributed by atoms with E-state index in [1.807, 2.05) is 35.2 Å². The summed E-state index contributed by atoms with van der Waals surface area (Å²) >= 11 is 6.15. The van der Waals surface area contributed by atoms with Crippen LogP contribution in [-0.4, -0.2) is 28.9 Å². The summed E-state index contributed by atoms with van der Waals surface area (Å²) in [4.78, 5) is 19.7. The molecule has 1 unspecified atom stereocenters. The molecule has 1 saturated heterocycles. The van der Waals surface area contributed by atoms with Crippen molar-refractivity contribution >= 4 is 17.5 Å². The van der Waals surface area contributed by atoms with Crippen LogP contribution in [0.5, 0.6) is 0 Å². The Morgan fingerprint density at radius 3 is 2.88 bits per heavy atom. The Labute approximate surface area is 151 Å². The maximum Gasteiger partial charge on any atom is 0.233 e. The number of carbonyl (C=O) groups excluding carboxylic acids is 1. The lowest BCUT2D eigenvalue weighted by Gasteiger charge is -2.27. The Morgan fingerprint density at radius 2 is 2.08 bits per heavy atom. The highest BCUT2D eigenvalue weighted by Crippen LogP contribution is 2.52. The Kier molecular flexibility index (Phi) is 3.25. The van der Waals surface area contributed by atoms with Crippen LogP contribution in [0.25, 0.3) is 0 Å². The van der Waals surface area contributed by atoms with Gasteiger partial charge in [-0.2, -0.15) is 0 Å². The van der Waals surface area contributed by atoms with Crippen LogP contribution < -0.4 is 0 Å². The maximum absolute atomic E-state index is 13.3. The van der Waals surface area contributed by atoms with Crippen LogP contribution in [0.4, 0.5) is 0 Å². The third-order valence-electron chi connectivity index (χ3n) is 5.92. The Bertz CT molecular complexity index is 864. The second-order valence-corrected chi connectivity index (χ2v) is 7.79. The van der Waals surface area contributed by atoms with Crippen LogP contribution in [0.1, 0.15) is 36.1 Å². The third-order valence-corrected chi connectivity index (χ3v) is 6.16. The number of nitrogens with zero attached hydrogens (tertiary/aromatic N) is 2. The van der Waals surface area contributed by atoms with Crippen LogP contribution in [0, 0.1) is 0 Å². The largest absolute Gasteiger partial charge is 0.362 e. The van der Waals surface area contributed by atoms with E-state index in [1.54, 1.807) is 6.20 Å². The van der Waals surface area contributed by atoms with Crippen molar-refractivity contribution in [3.63, 3.8) is 0 Å². The highest BCUT2D eigenvalue weighted by atomic mass is 35.5. The van der Waals surface area contributed by atoms with Gasteiger partial charge in [0.15, 0.2) is 0 Å². The molecule has 1 atom stereocenters. The lowest BCUT2D eigenvalue weighted by atomic mass is 9.93. The van der Waals surface area contributed by atoms with Crippen LogP contribution in [0.15, 0.2) is 42.6 Å². The lowest BCUT2D eigenvalue weighted by molar-refractivity contribution is -0.134. The van der Waals surface area contributed by atoms with E-state index in [0.717, 1.165) is 42.6 Å². The van der Waals surface area contributed by atoms with E-state index in [1.165, 1.54) is 0 Å². The van der Waals surface area contributed by atoms with Gasteiger partial charge in [-0.25, -0.2) is 0 Å². The molecular formula is C20H19ClN2O2. The van der Waals surface area contributed by atoms with E-state index < -0.39 is 0 Å². The number of halogens is 1. The van der Waals surface area contributed by atoms with Gasteiger partial charge in [-0.3, -0.25) is 9.78 Å². The number of fused-ring (bicyclic) bond motifs is 2.